The molecule has 0 bridgehead atoms. The first kappa shape index (κ1) is 12.7. The Labute approximate surface area is 94.9 Å². The predicted molar refractivity (Wildman–Crippen MR) is 55.4 cm³/mol. The van der Waals surface area contributed by atoms with E-state index in [1.54, 1.807) is 6.92 Å². The number of primary amides is 1. The van der Waals surface area contributed by atoms with Gasteiger partial charge in [-0.15, -0.1) is 0 Å². The molecule has 2 N–H and O–H groups in total. The number of rotatable bonds is 5. The second-order valence-electron chi connectivity index (χ2n) is 2.93. The van der Waals surface area contributed by atoms with Crippen molar-refractivity contribution < 1.29 is 18.1 Å². The monoisotopic (exact) mass is 248 g/mol. The summed E-state index contributed by atoms with van der Waals surface area (Å²) in [7, 11) is 0. The molecular weight excluding hydrogens is 238 g/mol. The Bertz CT molecular complexity index is 414. The van der Waals surface area contributed by atoms with Crippen LogP contribution in [0.25, 0.3) is 0 Å². The van der Waals surface area contributed by atoms with E-state index in [0.29, 0.717) is 11.4 Å². The molecule has 0 aliphatic rings. The number of thioether (sulfide) groups is 1. The van der Waals surface area contributed by atoms with E-state index in [1.165, 1.54) is 0 Å². The van der Waals surface area contributed by atoms with Crippen LogP contribution >= 0.6 is 11.8 Å². The van der Waals surface area contributed by atoms with E-state index in [1.807, 2.05) is 0 Å². The lowest BCUT2D eigenvalue weighted by Gasteiger charge is -1.96. The summed E-state index contributed by atoms with van der Waals surface area (Å²) in [5.74, 6) is -0.264. The van der Waals surface area contributed by atoms with Gasteiger partial charge in [-0.3, -0.25) is 4.79 Å². The minimum absolute atomic E-state index is 0.185. The van der Waals surface area contributed by atoms with E-state index < -0.39 is 12.0 Å². The van der Waals surface area contributed by atoms with Crippen LogP contribution in [-0.4, -0.2) is 16.8 Å². The van der Waals surface area contributed by atoms with E-state index in [-0.39, 0.29) is 17.1 Å². The van der Waals surface area contributed by atoms with Crippen molar-refractivity contribution in [3.8, 4) is 0 Å². The molecule has 0 saturated heterocycles. The molecule has 1 rings (SSSR count). The summed E-state index contributed by atoms with van der Waals surface area (Å²) in [5, 5.41) is 3.87. The number of carbonyl (C=O) groups excluding carboxylic acids is 1. The first-order valence-electron chi connectivity index (χ1n) is 4.42. The number of halogens is 2. The minimum atomic E-state index is -1.72. The SMILES string of the molecule is Cc1noc(SCCC=C(F)F)c1C(N)=O. The van der Waals surface area contributed by atoms with E-state index in [4.69, 9.17) is 10.3 Å². The summed E-state index contributed by atoms with van der Waals surface area (Å²) >= 11 is 1.13. The number of hydrogen-bond donors (Lipinski definition) is 1. The highest BCUT2D eigenvalue weighted by Crippen LogP contribution is 2.25. The van der Waals surface area contributed by atoms with E-state index in [2.05, 4.69) is 5.16 Å². The smallest absolute Gasteiger partial charge is 0.266 e. The number of nitrogens with two attached hydrogens (primary N) is 1. The summed E-state index contributed by atoms with van der Waals surface area (Å²) < 4.78 is 28.3. The zero-order chi connectivity index (χ0) is 12.1. The third kappa shape index (κ3) is 3.34. The van der Waals surface area contributed by atoms with Gasteiger partial charge in [0.1, 0.15) is 5.56 Å². The number of allylic oxidation sites excluding steroid dienone is 1. The lowest BCUT2D eigenvalue weighted by atomic mass is 10.2. The number of amides is 1. The van der Waals surface area contributed by atoms with Crippen molar-refractivity contribution >= 4 is 17.7 Å². The van der Waals surface area contributed by atoms with Crippen LogP contribution in [0.3, 0.4) is 0 Å². The van der Waals surface area contributed by atoms with E-state index in [9.17, 15) is 13.6 Å². The number of hydrogen-bond acceptors (Lipinski definition) is 4. The van der Waals surface area contributed by atoms with Gasteiger partial charge in [0.2, 0.25) is 5.09 Å². The third-order valence-corrected chi connectivity index (χ3v) is 2.71. The van der Waals surface area contributed by atoms with E-state index >= 15 is 0 Å². The molecule has 0 fully saturated rings. The first-order chi connectivity index (χ1) is 7.52. The number of nitrogens with zero attached hydrogens (tertiary/aromatic N) is 1. The molecule has 0 spiro atoms. The second-order valence-corrected chi connectivity index (χ2v) is 3.99. The Morgan fingerprint density at radius 3 is 2.88 bits per heavy atom. The average molecular weight is 248 g/mol. The third-order valence-electron chi connectivity index (χ3n) is 1.73. The van der Waals surface area contributed by atoms with Crippen molar-refractivity contribution in [3.63, 3.8) is 0 Å². The zero-order valence-electron chi connectivity index (χ0n) is 8.50. The number of aromatic nitrogens is 1. The summed E-state index contributed by atoms with van der Waals surface area (Å²) in [6.07, 6.45) is -0.727. The highest BCUT2D eigenvalue weighted by atomic mass is 32.2. The van der Waals surface area contributed by atoms with Crippen molar-refractivity contribution in [2.75, 3.05) is 5.75 Å². The van der Waals surface area contributed by atoms with Crippen LogP contribution in [0.4, 0.5) is 8.78 Å². The molecule has 4 nitrogen and oxygen atoms in total. The maximum absolute atomic E-state index is 11.7. The topological polar surface area (TPSA) is 69.1 Å². The van der Waals surface area contributed by atoms with Gasteiger partial charge in [0.15, 0.2) is 0 Å². The predicted octanol–water partition coefficient (Wildman–Crippen LogP) is 2.34. The fourth-order valence-corrected chi connectivity index (χ4v) is 1.95. The van der Waals surface area contributed by atoms with Gasteiger partial charge in [-0.25, -0.2) is 0 Å². The largest absolute Gasteiger partial charge is 0.365 e. The standard InChI is InChI=1S/C9H10F2N2O2S/c1-5-7(8(12)14)9(15-13-5)16-4-2-3-6(10)11/h3H,2,4H2,1H3,(H2,12,14). The van der Waals surface area contributed by atoms with E-state index in [0.717, 1.165) is 17.8 Å². The fourth-order valence-electron chi connectivity index (χ4n) is 1.05. The first-order valence-corrected chi connectivity index (χ1v) is 5.41. The lowest BCUT2D eigenvalue weighted by molar-refractivity contribution is 0.0994. The summed E-state index contributed by atoms with van der Waals surface area (Å²) in [5.41, 5.74) is 5.75. The van der Waals surface area contributed by atoms with Crippen LogP contribution in [0.2, 0.25) is 0 Å². The van der Waals surface area contributed by atoms with Gasteiger partial charge in [-0.05, 0) is 19.4 Å². The molecule has 0 unspecified atom stereocenters. The maximum Gasteiger partial charge on any atom is 0.266 e. The molecule has 0 aromatic carbocycles. The van der Waals surface area contributed by atoms with Gasteiger partial charge in [0, 0.05) is 5.75 Å². The van der Waals surface area contributed by atoms with Gasteiger partial charge in [-0.1, -0.05) is 16.9 Å². The number of carbonyl (C=O) groups is 1. The van der Waals surface area contributed by atoms with Gasteiger partial charge < -0.3 is 10.3 Å². The number of aryl methyl sites for hydroxylation is 1. The highest BCUT2D eigenvalue weighted by molar-refractivity contribution is 7.99. The molecule has 1 amide bonds. The fraction of sp³-hybridized carbons (Fsp3) is 0.333. The minimum Gasteiger partial charge on any atom is -0.365 e. The molecule has 0 aliphatic heterocycles. The van der Waals surface area contributed by atoms with Crippen molar-refractivity contribution in [1.29, 1.82) is 0 Å². The normalized spacial score (nSPS) is 10.2. The quantitative estimate of drug-likeness (QED) is 0.641. The van der Waals surface area contributed by atoms with Crippen molar-refractivity contribution in [3.05, 3.63) is 23.4 Å². The van der Waals surface area contributed by atoms with Crippen molar-refractivity contribution in [2.24, 2.45) is 5.73 Å². The van der Waals surface area contributed by atoms with Crippen LogP contribution in [0.15, 0.2) is 21.8 Å². The molecule has 0 saturated carbocycles. The van der Waals surface area contributed by atoms with Crippen LogP contribution in [0.1, 0.15) is 22.5 Å². The van der Waals surface area contributed by atoms with Gasteiger partial charge in [0.25, 0.3) is 12.0 Å². The van der Waals surface area contributed by atoms with Gasteiger partial charge in [0.05, 0.1) is 5.69 Å². The summed E-state index contributed by atoms with van der Waals surface area (Å²) in [6.45, 7) is 1.59. The lowest BCUT2D eigenvalue weighted by Crippen LogP contribution is -2.12. The molecule has 88 valence electrons. The Morgan fingerprint density at radius 1 is 1.62 bits per heavy atom. The van der Waals surface area contributed by atoms with Crippen molar-refractivity contribution in [1.82, 2.24) is 5.16 Å². The van der Waals surface area contributed by atoms with Crippen LogP contribution < -0.4 is 5.73 Å². The average Bonchev–Trinajstić information content (AvgIpc) is 2.54. The molecule has 0 atom stereocenters. The van der Waals surface area contributed by atoms with Gasteiger partial charge >= 0.3 is 0 Å². The molecule has 1 heterocycles. The second kappa shape index (κ2) is 5.64. The van der Waals surface area contributed by atoms with Crippen molar-refractivity contribution in [2.45, 2.75) is 18.4 Å². The molecular formula is C9H10F2N2O2S. The Kier molecular flexibility index (Phi) is 4.48. The molecule has 1 aromatic heterocycles. The molecule has 0 radical (unpaired) electrons. The van der Waals surface area contributed by atoms with Crippen LogP contribution in [0, 0.1) is 6.92 Å². The Balaban J connectivity index is 2.61. The molecule has 1 aromatic rings. The maximum atomic E-state index is 11.7. The molecule has 0 aliphatic carbocycles. The van der Waals surface area contributed by atoms with Crippen LogP contribution in [-0.2, 0) is 0 Å². The molecule has 7 heteroatoms. The summed E-state index contributed by atoms with van der Waals surface area (Å²) in [6, 6.07) is 0. The Morgan fingerprint density at radius 2 is 2.31 bits per heavy atom. The Hall–Kier alpha value is -1.37. The van der Waals surface area contributed by atoms with Gasteiger partial charge in [-0.2, -0.15) is 8.78 Å². The highest BCUT2D eigenvalue weighted by Gasteiger charge is 2.17. The van der Waals surface area contributed by atoms with Crippen LogP contribution in [0.5, 0.6) is 0 Å². The summed E-state index contributed by atoms with van der Waals surface area (Å²) in [4.78, 5) is 11.0. The molecule has 16 heavy (non-hydrogen) atoms. The zero-order valence-corrected chi connectivity index (χ0v) is 9.31.